The Morgan fingerprint density at radius 2 is 0.923 bits per heavy atom. The Bertz CT molecular complexity index is 1960. The fourth-order valence-electron chi connectivity index (χ4n) is 4.65. The Balaban J connectivity index is 1.65. The molecule has 2 heterocycles. The van der Waals surface area contributed by atoms with Crippen molar-refractivity contribution in [2.45, 2.75) is 9.79 Å². The maximum Gasteiger partial charge on any atom is 0.295 e. The van der Waals surface area contributed by atoms with Gasteiger partial charge in [0.05, 0.1) is 26.4 Å². The van der Waals surface area contributed by atoms with Crippen molar-refractivity contribution in [2.24, 2.45) is 0 Å². The summed E-state index contributed by atoms with van der Waals surface area (Å²) >= 11 is 0. The Hall–Kier alpha value is -5.34. The third-order valence-corrected chi connectivity index (χ3v) is 8.68. The smallest absolute Gasteiger partial charge is 0.295 e. The lowest BCUT2D eigenvalue weighted by molar-refractivity contribution is 0.279. The van der Waals surface area contributed by atoms with E-state index in [-0.39, 0.29) is 111 Å². The minimum atomic E-state index is -4.87. The summed E-state index contributed by atoms with van der Waals surface area (Å²) in [5.41, 5.74) is 11.6. The molecule has 52 heavy (non-hydrogen) atoms. The second-order valence-corrected chi connectivity index (χ2v) is 13.3. The highest BCUT2D eigenvalue weighted by Gasteiger charge is 2.20. The number of hydrogen-bond acceptors (Lipinski definition) is 20. The van der Waals surface area contributed by atoms with Gasteiger partial charge in [0.15, 0.2) is 0 Å². The molecule has 24 heteroatoms. The molecule has 4 aromatic rings. The first-order valence-electron chi connectivity index (χ1n) is 15.1. The zero-order chi connectivity index (χ0) is 38.1. The van der Waals surface area contributed by atoms with Crippen LogP contribution in [0.25, 0.3) is 12.2 Å². The lowest BCUT2D eigenvalue weighted by Gasteiger charge is -2.21. The number of hydrogen-bond donors (Lipinski definition) is 10. The van der Waals surface area contributed by atoms with Crippen LogP contribution in [0.2, 0.25) is 0 Å². The van der Waals surface area contributed by atoms with E-state index in [0.717, 1.165) is 12.1 Å². The first-order valence-corrected chi connectivity index (χ1v) is 17.9. The van der Waals surface area contributed by atoms with Crippen molar-refractivity contribution >= 4 is 79.5 Å². The van der Waals surface area contributed by atoms with E-state index >= 15 is 0 Å². The molecule has 0 radical (unpaired) electrons. The van der Waals surface area contributed by atoms with E-state index in [9.17, 15) is 46.4 Å². The van der Waals surface area contributed by atoms with Crippen molar-refractivity contribution in [3.8, 4) is 0 Å². The first-order chi connectivity index (χ1) is 24.6. The van der Waals surface area contributed by atoms with Gasteiger partial charge in [0.1, 0.15) is 9.79 Å². The number of anilines is 8. The third-order valence-electron chi connectivity index (χ3n) is 6.86. The van der Waals surface area contributed by atoms with E-state index in [1.165, 1.54) is 46.2 Å². The Labute approximate surface area is 297 Å². The molecule has 0 saturated carbocycles. The van der Waals surface area contributed by atoms with Gasteiger partial charge in [-0.15, -0.1) is 0 Å². The maximum atomic E-state index is 12.4. The Morgan fingerprint density at radius 1 is 0.577 bits per heavy atom. The largest absolute Gasteiger partial charge is 0.395 e. The van der Waals surface area contributed by atoms with Crippen LogP contribution in [0, 0.1) is 0 Å². The highest BCUT2D eigenvalue weighted by atomic mass is 32.2. The van der Waals surface area contributed by atoms with Crippen LogP contribution in [-0.2, 0) is 20.2 Å². The summed E-state index contributed by atoms with van der Waals surface area (Å²) in [6, 6.07) is 7.50. The van der Waals surface area contributed by atoms with Crippen molar-refractivity contribution in [2.75, 3.05) is 84.5 Å². The molecule has 2 aromatic heterocycles. The van der Waals surface area contributed by atoms with E-state index < -0.39 is 30.0 Å². The average Bonchev–Trinajstić information content (AvgIpc) is 3.06. The molecule has 0 aliphatic carbocycles. The lowest BCUT2D eigenvalue weighted by atomic mass is 10.1. The maximum absolute atomic E-state index is 12.4. The molecule has 280 valence electrons. The summed E-state index contributed by atoms with van der Waals surface area (Å²) in [5.74, 6) is -0.638. The highest BCUT2D eigenvalue weighted by Crippen LogP contribution is 2.28. The Kier molecular flexibility index (Phi) is 13.1. The predicted octanol–water partition coefficient (Wildman–Crippen LogP) is -1.05. The first kappa shape index (κ1) is 39.4. The topological polar surface area (TPSA) is 350 Å². The van der Waals surface area contributed by atoms with Gasteiger partial charge in [0.25, 0.3) is 20.2 Å². The summed E-state index contributed by atoms with van der Waals surface area (Å²) in [7, 11) is -9.74. The molecule has 22 nitrogen and oxygen atoms in total. The number of nitrogens with one attached hydrogen (secondary N) is 2. The zero-order valence-corrected chi connectivity index (χ0v) is 28.8. The van der Waals surface area contributed by atoms with Gasteiger partial charge < -0.3 is 52.3 Å². The van der Waals surface area contributed by atoms with E-state index in [1.54, 1.807) is 0 Å². The van der Waals surface area contributed by atoms with Gasteiger partial charge in [-0.2, -0.15) is 46.7 Å². The number of benzene rings is 2. The minimum absolute atomic E-state index is 0.0217. The highest BCUT2D eigenvalue weighted by molar-refractivity contribution is 7.86. The summed E-state index contributed by atoms with van der Waals surface area (Å²) < 4.78 is 69.7. The molecule has 0 atom stereocenters. The molecule has 0 unspecified atom stereocenters. The van der Waals surface area contributed by atoms with Gasteiger partial charge in [-0.25, -0.2) is 0 Å². The molecule has 0 saturated heterocycles. The molecule has 0 fully saturated rings. The predicted molar refractivity (Wildman–Crippen MR) is 189 cm³/mol. The molecule has 4 rings (SSSR count). The van der Waals surface area contributed by atoms with Crippen molar-refractivity contribution in [3.63, 3.8) is 0 Å². The summed E-state index contributed by atoms with van der Waals surface area (Å²) in [6.45, 7) is -0.812. The number of aliphatic hydroxyl groups is 4. The van der Waals surface area contributed by atoms with Crippen LogP contribution in [-0.4, -0.2) is 129 Å². The summed E-state index contributed by atoms with van der Waals surface area (Å²) in [6.07, 6.45) is 2.39. The molecule has 2 aromatic carbocycles. The van der Waals surface area contributed by atoms with Crippen molar-refractivity contribution in [3.05, 3.63) is 47.5 Å². The molecular formula is C28H36N12O10S2. The van der Waals surface area contributed by atoms with E-state index in [1.807, 2.05) is 0 Å². The third kappa shape index (κ3) is 10.6. The van der Waals surface area contributed by atoms with E-state index in [4.69, 9.17) is 11.5 Å². The van der Waals surface area contributed by atoms with Crippen LogP contribution in [0.4, 0.5) is 47.1 Å². The Morgan fingerprint density at radius 3 is 1.23 bits per heavy atom. The number of aromatic nitrogens is 6. The molecule has 0 aliphatic rings. The van der Waals surface area contributed by atoms with Gasteiger partial charge in [-0.3, -0.25) is 9.11 Å². The molecular weight excluding hydrogens is 729 g/mol. The van der Waals surface area contributed by atoms with Gasteiger partial charge in [-0.05, 0) is 35.4 Å². The number of nitrogens with two attached hydrogens (primary N) is 2. The van der Waals surface area contributed by atoms with Crippen molar-refractivity contribution in [1.82, 2.24) is 29.9 Å². The minimum Gasteiger partial charge on any atom is -0.395 e. The average molecular weight is 765 g/mol. The van der Waals surface area contributed by atoms with Crippen molar-refractivity contribution in [1.29, 1.82) is 0 Å². The van der Waals surface area contributed by atoms with Crippen LogP contribution in [0.15, 0.2) is 46.2 Å². The van der Waals surface area contributed by atoms with Gasteiger partial charge >= 0.3 is 0 Å². The zero-order valence-electron chi connectivity index (χ0n) is 27.1. The quantitative estimate of drug-likeness (QED) is 0.0427. The molecule has 0 spiro atoms. The lowest BCUT2D eigenvalue weighted by Crippen LogP contribution is -2.31. The molecule has 0 bridgehead atoms. The molecule has 0 aliphatic heterocycles. The number of nitrogen functional groups attached to an aromatic ring is 2. The number of rotatable bonds is 18. The number of aliphatic hydroxyl groups excluding tert-OH is 4. The van der Waals surface area contributed by atoms with Crippen LogP contribution in [0.1, 0.15) is 11.1 Å². The van der Waals surface area contributed by atoms with Crippen LogP contribution in [0.5, 0.6) is 0 Å². The van der Waals surface area contributed by atoms with E-state index in [0.29, 0.717) is 0 Å². The molecule has 0 amide bonds. The summed E-state index contributed by atoms with van der Waals surface area (Å²) in [5, 5.41) is 42.8. The second-order valence-electron chi connectivity index (χ2n) is 10.5. The van der Waals surface area contributed by atoms with Crippen LogP contribution >= 0.6 is 0 Å². The van der Waals surface area contributed by atoms with Crippen LogP contribution < -0.4 is 31.9 Å². The second kappa shape index (κ2) is 17.2. The SMILES string of the molecule is Nc1nc(Nc2ccc(C=Cc3ccc(Nc4nc(N)nc(N(CCO)CCO)n4)cc3S(=O)(=O)O)c(S(=O)(=O)O)c2)nc(N(CCO)CCO)n1. The van der Waals surface area contributed by atoms with Gasteiger partial charge in [0, 0.05) is 37.6 Å². The normalized spacial score (nSPS) is 11.9. The monoisotopic (exact) mass is 764 g/mol. The van der Waals surface area contributed by atoms with Gasteiger partial charge in [0.2, 0.25) is 35.7 Å². The summed E-state index contributed by atoms with van der Waals surface area (Å²) in [4.78, 5) is 26.0. The number of nitrogens with zero attached hydrogens (tertiary/aromatic N) is 8. The fourth-order valence-corrected chi connectivity index (χ4v) is 6.07. The van der Waals surface area contributed by atoms with E-state index in [2.05, 4.69) is 40.5 Å². The van der Waals surface area contributed by atoms with Crippen LogP contribution in [0.3, 0.4) is 0 Å². The molecule has 12 N–H and O–H groups in total. The van der Waals surface area contributed by atoms with Gasteiger partial charge in [-0.1, -0.05) is 24.3 Å². The standard InChI is InChI=1S/C28H36N12O10S2/c29-23-33-25(37-27(35-23)39(7-11-41)8-12-42)31-19-5-3-17(21(15-19)51(45,46)47)1-2-18-4-6-20(16-22(18)52(48,49)50)32-26-34-24(30)36-28(38-26)40(9-13-43)10-14-44/h1-6,15-16,41-44H,7-14H2,(H,45,46,47)(H,48,49,50)(H3,29,31,33,35,37)(H3,30,32,34,36,38). The van der Waals surface area contributed by atoms with Crippen molar-refractivity contribution < 1.29 is 46.4 Å². The fraction of sp³-hybridized carbons (Fsp3) is 0.286.